The Balaban J connectivity index is 1.09. The minimum Gasteiger partial charge on any atom is -0.310 e. The van der Waals surface area contributed by atoms with Gasteiger partial charge in [0.2, 0.25) is 0 Å². The summed E-state index contributed by atoms with van der Waals surface area (Å²) in [7, 11) is 0. The summed E-state index contributed by atoms with van der Waals surface area (Å²) in [5, 5.41) is 5.01. The Bertz CT molecular complexity index is 3170. The van der Waals surface area contributed by atoms with Gasteiger partial charge in [-0.3, -0.25) is 0 Å². The van der Waals surface area contributed by atoms with Crippen LogP contribution in [-0.4, -0.2) is 9.13 Å². The third-order valence-corrected chi connectivity index (χ3v) is 11.3. The van der Waals surface area contributed by atoms with Crippen LogP contribution in [0.25, 0.3) is 77.2 Å². The topological polar surface area (TPSA) is 13.1 Å². The lowest BCUT2D eigenvalue weighted by atomic mass is 10.0. The van der Waals surface area contributed by atoms with Crippen LogP contribution < -0.4 is 4.90 Å². The van der Waals surface area contributed by atoms with Gasteiger partial charge in [-0.15, -0.1) is 0 Å². The van der Waals surface area contributed by atoms with Gasteiger partial charge >= 0.3 is 0 Å². The number of para-hydroxylation sites is 5. The zero-order valence-electron chi connectivity index (χ0n) is 31.2. The monoisotopic (exact) mass is 727 g/mol. The van der Waals surface area contributed by atoms with E-state index in [1.807, 2.05) is 0 Å². The number of fused-ring (bicyclic) bond motifs is 6. The van der Waals surface area contributed by atoms with E-state index in [1.54, 1.807) is 0 Å². The number of anilines is 3. The maximum Gasteiger partial charge on any atom is 0.0619 e. The van der Waals surface area contributed by atoms with Crippen molar-refractivity contribution in [3.05, 3.63) is 224 Å². The Morgan fingerprint density at radius 3 is 1.39 bits per heavy atom. The van der Waals surface area contributed by atoms with Gasteiger partial charge in [0.05, 0.1) is 22.1 Å². The molecule has 0 N–H and O–H groups in total. The SMILES string of the molecule is c1ccc(-c2cccc(N(c3ccc(-n4c5ccccc5c5ccccc54)cc3)c3cccc(-c4cccc5c6ccccc6n(-c6ccccc6)c45)c3)c2)cc1. The van der Waals surface area contributed by atoms with Crippen LogP contribution in [0.4, 0.5) is 17.1 Å². The molecule has 2 aromatic heterocycles. The highest BCUT2D eigenvalue weighted by molar-refractivity contribution is 6.14. The summed E-state index contributed by atoms with van der Waals surface area (Å²) in [4.78, 5) is 2.39. The lowest BCUT2D eigenvalue weighted by Gasteiger charge is -2.27. The molecule has 268 valence electrons. The fourth-order valence-electron chi connectivity index (χ4n) is 8.76. The van der Waals surface area contributed by atoms with Gasteiger partial charge < -0.3 is 14.0 Å². The van der Waals surface area contributed by atoms with Gasteiger partial charge in [0.1, 0.15) is 0 Å². The van der Waals surface area contributed by atoms with E-state index in [0.717, 1.165) is 34.0 Å². The van der Waals surface area contributed by atoms with Crippen LogP contribution in [0.1, 0.15) is 0 Å². The molecule has 0 fully saturated rings. The van der Waals surface area contributed by atoms with E-state index >= 15 is 0 Å². The minimum absolute atomic E-state index is 1.08. The molecule has 0 aliphatic heterocycles. The van der Waals surface area contributed by atoms with E-state index in [-0.39, 0.29) is 0 Å². The molecule has 0 aliphatic carbocycles. The summed E-state index contributed by atoms with van der Waals surface area (Å²) in [6.07, 6.45) is 0. The number of nitrogens with zero attached hydrogens (tertiary/aromatic N) is 3. The second-order valence-corrected chi connectivity index (χ2v) is 14.6. The zero-order valence-corrected chi connectivity index (χ0v) is 31.2. The van der Waals surface area contributed by atoms with E-state index < -0.39 is 0 Å². The summed E-state index contributed by atoms with van der Waals surface area (Å²) in [6, 6.07) is 81.1. The molecule has 0 spiro atoms. The van der Waals surface area contributed by atoms with E-state index in [4.69, 9.17) is 0 Å². The molecule has 0 saturated heterocycles. The molecule has 57 heavy (non-hydrogen) atoms. The first-order chi connectivity index (χ1) is 28.3. The molecule has 0 radical (unpaired) electrons. The number of hydrogen-bond donors (Lipinski definition) is 0. The molecule has 3 heteroatoms. The largest absolute Gasteiger partial charge is 0.310 e. The predicted octanol–water partition coefficient (Wildman–Crippen LogP) is 14.7. The Labute approximate surface area is 331 Å². The van der Waals surface area contributed by atoms with E-state index in [1.165, 1.54) is 60.3 Å². The molecule has 0 aliphatic rings. The summed E-state index contributed by atoms with van der Waals surface area (Å²) in [5.41, 5.74) is 15.1. The van der Waals surface area contributed by atoms with Crippen molar-refractivity contribution in [3.8, 4) is 33.6 Å². The van der Waals surface area contributed by atoms with Gasteiger partial charge in [0.25, 0.3) is 0 Å². The second kappa shape index (κ2) is 13.6. The fraction of sp³-hybridized carbons (Fsp3) is 0. The Morgan fingerprint density at radius 1 is 0.281 bits per heavy atom. The first kappa shape index (κ1) is 32.8. The van der Waals surface area contributed by atoms with Gasteiger partial charge in [0, 0.05) is 55.5 Å². The van der Waals surface area contributed by atoms with Crippen LogP contribution >= 0.6 is 0 Å². The van der Waals surface area contributed by atoms with Gasteiger partial charge in [-0.1, -0.05) is 146 Å². The summed E-state index contributed by atoms with van der Waals surface area (Å²) < 4.78 is 4.79. The van der Waals surface area contributed by atoms with Crippen LogP contribution in [-0.2, 0) is 0 Å². The predicted molar refractivity (Wildman–Crippen MR) is 241 cm³/mol. The van der Waals surface area contributed by atoms with Crippen molar-refractivity contribution in [1.82, 2.24) is 9.13 Å². The average Bonchev–Trinajstić information content (AvgIpc) is 3.81. The van der Waals surface area contributed by atoms with Gasteiger partial charge in [-0.25, -0.2) is 0 Å². The van der Waals surface area contributed by atoms with Gasteiger partial charge in [-0.2, -0.15) is 0 Å². The Kier molecular flexibility index (Phi) is 7.82. The number of hydrogen-bond acceptors (Lipinski definition) is 1. The van der Waals surface area contributed by atoms with Crippen LogP contribution in [0, 0.1) is 0 Å². The molecule has 11 rings (SSSR count). The highest BCUT2D eigenvalue weighted by Crippen LogP contribution is 2.42. The minimum atomic E-state index is 1.08. The second-order valence-electron chi connectivity index (χ2n) is 14.6. The van der Waals surface area contributed by atoms with Crippen molar-refractivity contribution in [2.75, 3.05) is 4.90 Å². The zero-order chi connectivity index (χ0) is 37.7. The first-order valence-electron chi connectivity index (χ1n) is 19.5. The molecule has 3 nitrogen and oxygen atoms in total. The van der Waals surface area contributed by atoms with Crippen LogP contribution in [0.2, 0.25) is 0 Å². The van der Waals surface area contributed by atoms with Crippen LogP contribution in [0.3, 0.4) is 0 Å². The fourth-order valence-corrected chi connectivity index (χ4v) is 8.76. The maximum atomic E-state index is 2.42. The van der Waals surface area contributed by atoms with E-state index in [2.05, 4.69) is 238 Å². The quantitative estimate of drug-likeness (QED) is 0.159. The highest BCUT2D eigenvalue weighted by Gasteiger charge is 2.19. The third-order valence-electron chi connectivity index (χ3n) is 11.3. The third kappa shape index (κ3) is 5.51. The van der Waals surface area contributed by atoms with E-state index in [9.17, 15) is 0 Å². The number of rotatable bonds is 7. The smallest absolute Gasteiger partial charge is 0.0619 e. The lowest BCUT2D eigenvalue weighted by Crippen LogP contribution is -2.10. The molecule has 9 aromatic carbocycles. The molecule has 0 saturated carbocycles. The van der Waals surface area contributed by atoms with Gasteiger partial charge in [0.15, 0.2) is 0 Å². The number of benzene rings is 9. The molecular weight excluding hydrogens is 691 g/mol. The molecule has 11 aromatic rings. The van der Waals surface area contributed by atoms with E-state index in [0.29, 0.717) is 0 Å². The average molecular weight is 728 g/mol. The Morgan fingerprint density at radius 2 is 0.737 bits per heavy atom. The molecule has 0 unspecified atom stereocenters. The van der Waals surface area contributed by atoms with Crippen molar-refractivity contribution in [2.45, 2.75) is 0 Å². The van der Waals surface area contributed by atoms with Crippen LogP contribution in [0.15, 0.2) is 224 Å². The summed E-state index contributed by atoms with van der Waals surface area (Å²) in [5.74, 6) is 0. The van der Waals surface area contributed by atoms with Crippen molar-refractivity contribution in [3.63, 3.8) is 0 Å². The highest BCUT2D eigenvalue weighted by atomic mass is 15.1. The van der Waals surface area contributed by atoms with Crippen molar-refractivity contribution in [2.24, 2.45) is 0 Å². The molecular formula is C54H37N3. The van der Waals surface area contributed by atoms with Crippen molar-refractivity contribution >= 4 is 60.7 Å². The first-order valence-corrected chi connectivity index (χ1v) is 19.5. The van der Waals surface area contributed by atoms with Crippen LogP contribution in [0.5, 0.6) is 0 Å². The Hall–Kier alpha value is -7.62. The maximum absolute atomic E-state index is 2.42. The standard InChI is InChI=1S/C54H37N3/c1-3-16-38(17-4-1)39-18-13-22-44(36-39)55(42-32-34-43(35-33-42)56-51-29-10-7-24-47(51)48-25-8-11-30-52(48)56)45-23-14-19-40(37-45)46-27-15-28-50-49-26-9-12-31-53(49)57(54(46)50)41-20-5-2-6-21-41/h1-37H. The normalized spacial score (nSPS) is 11.5. The summed E-state index contributed by atoms with van der Waals surface area (Å²) in [6.45, 7) is 0. The molecule has 2 heterocycles. The number of aromatic nitrogens is 2. The summed E-state index contributed by atoms with van der Waals surface area (Å²) >= 11 is 0. The lowest BCUT2D eigenvalue weighted by molar-refractivity contribution is 1.17. The van der Waals surface area contributed by atoms with Gasteiger partial charge in [-0.05, 0) is 95.6 Å². The molecule has 0 atom stereocenters. The molecule has 0 amide bonds. The molecule has 0 bridgehead atoms. The van der Waals surface area contributed by atoms with Crippen molar-refractivity contribution in [1.29, 1.82) is 0 Å². The van der Waals surface area contributed by atoms with Crippen molar-refractivity contribution < 1.29 is 0 Å².